The molecule has 1 heterocycles. The lowest BCUT2D eigenvalue weighted by molar-refractivity contribution is -0.148. The molecule has 46 heavy (non-hydrogen) atoms. The summed E-state index contributed by atoms with van der Waals surface area (Å²) in [6.45, 7) is 6.44. The second-order valence-electron chi connectivity index (χ2n) is 14.9. The Morgan fingerprint density at radius 3 is 2.22 bits per heavy atom. The minimum atomic E-state index is -0.839. The topological polar surface area (TPSA) is 59.0 Å². The molecule has 8 unspecified atom stereocenters. The highest BCUT2D eigenvalue weighted by Crippen LogP contribution is 2.71. The van der Waals surface area contributed by atoms with Crippen molar-refractivity contribution in [1.29, 1.82) is 0 Å². The molecule has 1 aliphatic heterocycles. The lowest BCUT2D eigenvalue weighted by atomic mass is 9.46. The summed E-state index contributed by atoms with van der Waals surface area (Å²) in [7, 11) is 0. The Balaban J connectivity index is 1.28. The molecule has 0 N–H and O–H groups in total. The van der Waals surface area contributed by atoms with Crippen LogP contribution in [0.15, 0.2) is 108 Å². The molecule has 0 radical (unpaired) electrons. The predicted molar refractivity (Wildman–Crippen MR) is 182 cm³/mol. The fourth-order valence-electron chi connectivity index (χ4n) is 11.0. The van der Waals surface area contributed by atoms with Gasteiger partial charge in [-0.3, -0.25) is 14.6 Å². The van der Waals surface area contributed by atoms with Gasteiger partial charge in [-0.2, -0.15) is 5.10 Å². The maximum atomic E-state index is 15.5. The third-order valence-electron chi connectivity index (χ3n) is 13.0. The van der Waals surface area contributed by atoms with Crippen molar-refractivity contribution in [3.05, 3.63) is 114 Å². The lowest BCUT2D eigenvalue weighted by Crippen LogP contribution is -2.65. The van der Waals surface area contributed by atoms with Crippen LogP contribution in [0.4, 0.5) is 5.69 Å². The zero-order valence-corrected chi connectivity index (χ0v) is 27.2. The van der Waals surface area contributed by atoms with Crippen molar-refractivity contribution in [2.24, 2.45) is 39.6 Å². The van der Waals surface area contributed by atoms with E-state index in [0.717, 1.165) is 67.5 Å². The van der Waals surface area contributed by atoms with Crippen LogP contribution >= 0.6 is 0 Å². The fourth-order valence-corrected chi connectivity index (χ4v) is 11.0. The van der Waals surface area contributed by atoms with E-state index >= 15 is 4.79 Å². The zero-order chi connectivity index (χ0) is 31.7. The number of rotatable bonds is 5. The third kappa shape index (κ3) is 4.09. The Kier molecular flexibility index (Phi) is 6.90. The van der Waals surface area contributed by atoms with Crippen LogP contribution in [0.25, 0.3) is 0 Å². The van der Waals surface area contributed by atoms with E-state index in [1.165, 1.54) is 12.5 Å². The summed E-state index contributed by atoms with van der Waals surface area (Å²) < 4.78 is 5.71. The number of para-hydroxylation sites is 1. The van der Waals surface area contributed by atoms with Crippen LogP contribution in [0, 0.1) is 34.5 Å². The molecule has 0 bridgehead atoms. The van der Waals surface area contributed by atoms with Gasteiger partial charge in [-0.15, -0.1) is 0 Å². The molecule has 0 amide bonds. The van der Waals surface area contributed by atoms with E-state index in [9.17, 15) is 4.79 Å². The Morgan fingerprint density at radius 1 is 0.848 bits per heavy atom. The molecule has 236 valence electrons. The largest absolute Gasteiger partial charge is 0.462 e. The van der Waals surface area contributed by atoms with Crippen LogP contribution in [0.5, 0.6) is 0 Å². The maximum Gasteiger partial charge on any atom is 0.302 e. The minimum absolute atomic E-state index is 0.0103. The molecular weight excluding hydrogens is 568 g/mol. The number of fused-ring (bicyclic) bond motifs is 7. The standard InChI is InChI=1S/C41H44N2O3/c1-27(44)46-32-21-23-39(2)30(25-32)19-20-33-34(39)22-24-40(3)35(33)26-36-37(28-13-7-4-8-14-28)42-43(31-17-11-6-12-18-31)41(36,40)38(45)29-15-9-5-10-16-29/h4-19,32-36H,20-26H2,1-3H3. The number of hydrazone groups is 1. The highest BCUT2D eigenvalue weighted by atomic mass is 16.5. The van der Waals surface area contributed by atoms with Gasteiger partial charge in [-0.25, -0.2) is 0 Å². The van der Waals surface area contributed by atoms with E-state index in [2.05, 4.69) is 79.5 Å². The van der Waals surface area contributed by atoms with Crippen molar-refractivity contribution < 1.29 is 14.3 Å². The van der Waals surface area contributed by atoms with Crippen molar-refractivity contribution >= 4 is 23.2 Å². The second-order valence-corrected chi connectivity index (χ2v) is 14.9. The third-order valence-corrected chi connectivity index (χ3v) is 13.0. The molecule has 5 aliphatic rings. The molecule has 0 saturated heterocycles. The molecule has 8 atom stereocenters. The number of nitrogens with zero attached hydrogens (tertiary/aromatic N) is 2. The summed E-state index contributed by atoms with van der Waals surface area (Å²) in [6, 6.07) is 30.9. The number of ketones is 1. The summed E-state index contributed by atoms with van der Waals surface area (Å²) in [4.78, 5) is 27.3. The van der Waals surface area contributed by atoms with Gasteiger partial charge in [0.15, 0.2) is 5.78 Å². The van der Waals surface area contributed by atoms with Gasteiger partial charge in [-0.05, 0) is 79.4 Å². The number of carbonyl (C=O) groups excluding carboxylic acids is 2. The molecule has 5 heteroatoms. The summed E-state index contributed by atoms with van der Waals surface area (Å²) in [5, 5.41) is 7.63. The number of hydrogen-bond acceptors (Lipinski definition) is 5. The van der Waals surface area contributed by atoms with Crippen molar-refractivity contribution in [2.45, 2.75) is 77.4 Å². The van der Waals surface area contributed by atoms with Crippen LogP contribution < -0.4 is 5.01 Å². The first-order valence-electron chi connectivity index (χ1n) is 17.2. The number of Topliss-reactive ketones (excluding diaryl/α,β-unsaturated/α-hetero) is 1. The molecule has 3 saturated carbocycles. The Labute approximate surface area is 272 Å². The number of esters is 1. The van der Waals surface area contributed by atoms with Crippen LogP contribution in [-0.4, -0.2) is 29.1 Å². The van der Waals surface area contributed by atoms with Gasteiger partial charge in [-0.1, -0.05) is 104 Å². The zero-order valence-electron chi connectivity index (χ0n) is 27.2. The first-order valence-corrected chi connectivity index (χ1v) is 17.2. The Bertz CT molecular complexity index is 1720. The molecule has 0 spiro atoms. The predicted octanol–water partition coefficient (Wildman–Crippen LogP) is 8.65. The van der Waals surface area contributed by atoms with Gasteiger partial charge < -0.3 is 4.74 Å². The molecule has 8 rings (SSSR count). The highest BCUT2D eigenvalue weighted by molar-refractivity contribution is 6.16. The van der Waals surface area contributed by atoms with E-state index in [-0.39, 0.29) is 34.6 Å². The van der Waals surface area contributed by atoms with Gasteiger partial charge >= 0.3 is 5.97 Å². The van der Waals surface area contributed by atoms with Crippen molar-refractivity contribution in [2.75, 3.05) is 5.01 Å². The monoisotopic (exact) mass is 612 g/mol. The number of anilines is 1. The fraction of sp³-hybridized carbons (Fsp3) is 0.439. The number of benzene rings is 3. The summed E-state index contributed by atoms with van der Waals surface area (Å²) in [5.74, 6) is 1.38. The van der Waals surface area contributed by atoms with Gasteiger partial charge in [0.05, 0.1) is 11.4 Å². The van der Waals surface area contributed by atoms with Crippen molar-refractivity contribution in [1.82, 2.24) is 0 Å². The minimum Gasteiger partial charge on any atom is -0.462 e. The number of ether oxygens (including phenoxy) is 1. The summed E-state index contributed by atoms with van der Waals surface area (Å²) >= 11 is 0. The van der Waals surface area contributed by atoms with E-state index in [1.807, 2.05) is 36.4 Å². The SMILES string of the molecule is CC(=O)OC1CCC2(C)C(=CCC3C2CCC2(C)C3CC3C(c4ccccc4)=NN(c4ccccc4)C32C(=O)c2ccccc2)C1. The molecule has 0 aromatic heterocycles. The molecular formula is C41H44N2O3. The normalized spacial score (nSPS) is 36.0. The Morgan fingerprint density at radius 2 is 1.52 bits per heavy atom. The molecule has 5 nitrogen and oxygen atoms in total. The van der Waals surface area contributed by atoms with Gasteiger partial charge in [0, 0.05) is 30.2 Å². The van der Waals surface area contributed by atoms with Gasteiger partial charge in [0.25, 0.3) is 0 Å². The van der Waals surface area contributed by atoms with Crippen LogP contribution in [0.2, 0.25) is 0 Å². The molecule has 3 aromatic rings. The maximum absolute atomic E-state index is 15.5. The van der Waals surface area contributed by atoms with Crippen LogP contribution in [0.3, 0.4) is 0 Å². The van der Waals surface area contributed by atoms with Crippen molar-refractivity contribution in [3.8, 4) is 0 Å². The van der Waals surface area contributed by atoms with Crippen molar-refractivity contribution in [3.63, 3.8) is 0 Å². The van der Waals surface area contributed by atoms with Crippen LogP contribution in [0.1, 0.15) is 81.6 Å². The first kappa shape index (κ1) is 29.4. The number of hydrogen-bond donors (Lipinski definition) is 0. The number of allylic oxidation sites excluding steroid dienone is 1. The first-order chi connectivity index (χ1) is 22.3. The molecule has 3 aromatic carbocycles. The van der Waals surface area contributed by atoms with E-state index in [1.54, 1.807) is 0 Å². The van der Waals surface area contributed by atoms with E-state index in [4.69, 9.17) is 9.84 Å². The highest BCUT2D eigenvalue weighted by Gasteiger charge is 2.75. The average molecular weight is 613 g/mol. The second kappa shape index (κ2) is 10.8. The number of carbonyl (C=O) groups is 2. The summed E-state index contributed by atoms with van der Waals surface area (Å²) in [6.07, 6.45) is 9.35. The smallest absolute Gasteiger partial charge is 0.302 e. The summed E-state index contributed by atoms with van der Waals surface area (Å²) in [5.41, 5.74) is 4.35. The molecule has 4 aliphatic carbocycles. The Hall–Kier alpha value is -3.99. The average Bonchev–Trinajstić information content (AvgIpc) is 3.56. The van der Waals surface area contributed by atoms with Crippen LogP contribution in [-0.2, 0) is 9.53 Å². The van der Waals surface area contributed by atoms with E-state index in [0.29, 0.717) is 17.8 Å². The quantitative estimate of drug-likeness (QED) is 0.164. The lowest BCUT2D eigenvalue weighted by Gasteiger charge is -2.60. The van der Waals surface area contributed by atoms with E-state index < -0.39 is 5.54 Å². The van der Waals surface area contributed by atoms with Gasteiger partial charge in [0.2, 0.25) is 0 Å². The molecule has 3 fully saturated rings. The van der Waals surface area contributed by atoms with Gasteiger partial charge in [0.1, 0.15) is 11.6 Å².